The maximum absolute atomic E-state index is 14.2. The molecule has 39 heavy (non-hydrogen) atoms. The summed E-state index contributed by atoms with van der Waals surface area (Å²) in [5.41, 5.74) is -0.375. The molecular formula is C29H24Cl2N2O6. The minimum Gasteiger partial charge on any atom is -0.463 e. The van der Waals surface area contributed by atoms with Crippen LogP contribution in [0, 0.1) is 35.0 Å². The van der Waals surface area contributed by atoms with Crippen molar-refractivity contribution in [1.29, 1.82) is 0 Å². The van der Waals surface area contributed by atoms with Crippen LogP contribution in [0.15, 0.2) is 59.7 Å². The molecule has 1 saturated carbocycles. The van der Waals surface area contributed by atoms with Crippen LogP contribution in [0.5, 0.6) is 0 Å². The molecule has 0 aromatic heterocycles. The summed E-state index contributed by atoms with van der Waals surface area (Å²) in [5, 5.41) is 0.422. The highest BCUT2D eigenvalue weighted by atomic mass is 35.5. The van der Waals surface area contributed by atoms with Crippen LogP contribution in [0.25, 0.3) is 0 Å². The van der Waals surface area contributed by atoms with Crippen LogP contribution in [0.3, 0.4) is 0 Å². The first-order valence-corrected chi connectivity index (χ1v) is 13.5. The number of carbonyl (C=O) groups excluding carboxylic acids is 5. The quantitative estimate of drug-likeness (QED) is 0.400. The summed E-state index contributed by atoms with van der Waals surface area (Å²) in [4.78, 5) is 71.9. The van der Waals surface area contributed by atoms with E-state index in [0.717, 1.165) is 9.80 Å². The van der Waals surface area contributed by atoms with E-state index in [1.807, 2.05) is 0 Å². The third-order valence-electron chi connectivity index (χ3n) is 8.87. The molecule has 4 amide bonds. The van der Waals surface area contributed by atoms with E-state index in [-0.39, 0.29) is 33.6 Å². The summed E-state index contributed by atoms with van der Waals surface area (Å²) in [6, 6.07) is 13.0. The number of halogens is 2. The molecule has 3 aliphatic carbocycles. The lowest BCUT2D eigenvalue weighted by atomic mass is 9.43. The maximum atomic E-state index is 14.2. The molecule has 0 spiro atoms. The number of allylic oxidation sites excluding steroid dienone is 1. The third kappa shape index (κ3) is 3.16. The Bertz CT molecular complexity index is 1440. The second kappa shape index (κ2) is 8.76. The molecule has 2 unspecified atom stereocenters. The number of hydrogen-bond donors (Lipinski definition) is 0. The number of anilines is 2. The van der Waals surface area contributed by atoms with Gasteiger partial charge < -0.3 is 4.74 Å². The third-order valence-corrected chi connectivity index (χ3v) is 9.51. The number of benzene rings is 2. The first kappa shape index (κ1) is 25.8. The van der Waals surface area contributed by atoms with Gasteiger partial charge in [-0.05, 0) is 38.1 Å². The fourth-order valence-electron chi connectivity index (χ4n) is 7.55. The summed E-state index contributed by atoms with van der Waals surface area (Å²) in [6.07, 6.45) is 0. The fourth-order valence-corrected chi connectivity index (χ4v) is 7.99. The Labute approximate surface area is 234 Å². The van der Waals surface area contributed by atoms with Crippen LogP contribution in [0.4, 0.5) is 11.4 Å². The molecule has 200 valence electrons. The van der Waals surface area contributed by atoms with Gasteiger partial charge in [0.05, 0.1) is 51.7 Å². The molecule has 2 aromatic rings. The number of rotatable bonds is 4. The van der Waals surface area contributed by atoms with E-state index in [9.17, 15) is 24.0 Å². The minimum absolute atomic E-state index is 0.0792. The van der Waals surface area contributed by atoms with Crippen molar-refractivity contribution in [3.05, 3.63) is 69.7 Å². The Morgan fingerprint density at radius 3 is 1.64 bits per heavy atom. The summed E-state index contributed by atoms with van der Waals surface area (Å²) >= 11 is 12.8. The van der Waals surface area contributed by atoms with Gasteiger partial charge in [0, 0.05) is 16.9 Å². The normalized spacial score (nSPS) is 31.3. The van der Waals surface area contributed by atoms with Crippen molar-refractivity contribution < 1.29 is 28.7 Å². The van der Waals surface area contributed by atoms with Crippen LogP contribution < -0.4 is 9.80 Å². The number of hydrogen-bond acceptors (Lipinski definition) is 6. The highest BCUT2D eigenvalue weighted by Gasteiger charge is 2.77. The number of esters is 1. The highest BCUT2D eigenvalue weighted by molar-refractivity contribution is 6.37. The van der Waals surface area contributed by atoms with Gasteiger partial charge in [0.15, 0.2) is 0 Å². The van der Waals surface area contributed by atoms with Gasteiger partial charge in [-0.25, -0.2) is 14.6 Å². The predicted octanol–water partition coefficient (Wildman–Crippen LogP) is 4.43. The van der Waals surface area contributed by atoms with Gasteiger partial charge in [-0.1, -0.05) is 60.0 Å². The first-order chi connectivity index (χ1) is 18.6. The Balaban J connectivity index is 1.57. The van der Waals surface area contributed by atoms with E-state index in [1.54, 1.807) is 69.3 Å². The van der Waals surface area contributed by atoms with E-state index in [4.69, 9.17) is 27.9 Å². The molecule has 2 bridgehead atoms. The zero-order valence-electron chi connectivity index (χ0n) is 21.3. The molecular weight excluding hydrogens is 543 g/mol. The molecule has 5 aliphatic rings. The molecule has 3 fully saturated rings. The SMILES string of the molecule is CCOC(=O)C1=C(C)C2[C@@H]3C(=O)N(c4ccccc4Cl)C(=O)[C@H]3C1(C)[C@H]1C(=O)N(c3ccccc3Cl)C(=O)[C@@H]21. The van der Waals surface area contributed by atoms with Crippen molar-refractivity contribution in [2.45, 2.75) is 20.8 Å². The van der Waals surface area contributed by atoms with Crippen molar-refractivity contribution in [3.8, 4) is 0 Å². The van der Waals surface area contributed by atoms with Crippen LogP contribution in [0.1, 0.15) is 20.8 Å². The maximum Gasteiger partial charge on any atom is 0.334 e. The lowest BCUT2D eigenvalue weighted by Gasteiger charge is -2.55. The molecule has 2 aliphatic heterocycles. The Kier molecular flexibility index (Phi) is 5.79. The topological polar surface area (TPSA) is 101 Å². The molecule has 2 aromatic carbocycles. The van der Waals surface area contributed by atoms with Gasteiger partial charge in [-0.15, -0.1) is 0 Å². The van der Waals surface area contributed by atoms with Gasteiger partial charge in [0.25, 0.3) is 0 Å². The van der Waals surface area contributed by atoms with Gasteiger partial charge in [-0.3, -0.25) is 19.2 Å². The largest absolute Gasteiger partial charge is 0.463 e. The van der Waals surface area contributed by atoms with Crippen LogP contribution in [-0.4, -0.2) is 36.2 Å². The van der Waals surface area contributed by atoms with E-state index >= 15 is 0 Å². The summed E-state index contributed by atoms with van der Waals surface area (Å²) < 4.78 is 5.39. The van der Waals surface area contributed by atoms with E-state index in [1.165, 1.54) is 0 Å². The molecule has 2 heterocycles. The molecule has 2 saturated heterocycles. The van der Waals surface area contributed by atoms with E-state index < -0.39 is 64.6 Å². The smallest absolute Gasteiger partial charge is 0.334 e. The van der Waals surface area contributed by atoms with Crippen molar-refractivity contribution in [3.63, 3.8) is 0 Å². The van der Waals surface area contributed by atoms with Crippen molar-refractivity contribution in [2.75, 3.05) is 16.4 Å². The predicted molar refractivity (Wildman–Crippen MR) is 143 cm³/mol. The average molecular weight is 567 g/mol. The first-order valence-electron chi connectivity index (χ1n) is 12.7. The number of para-hydroxylation sites is 2. The lowest BCUT2D eigenvalue weighted by Crippen LogP contribution is -2.61. The number of imide groups is 2. The van der Waals surface area contributed by atoms with Crippen LogP contribution in [-0.2, 0) is 28.7 Å². The summed E-state index contributed by atoms with van der Waals surface area (Å²) in [7, 11) is 0. The van der Waals surface area contributed by atoms with Gasteiger partial charge in [0.1, 0.15) is 0 Å². The molecule has 10 heteroatoms. The monoisotopic (exact) mass is 566 g/mol. The van der Waals surface area contributed by atoms with Gasteiger partial charge in [0.2, 0.25) is 23.6 Å². The molecule has 8 nitrogen and oxygen atoms in total. The zero-order chi connectivity index (χ0) is 28.0. The summed E-state index contributed by atoms with van der Waals surface area (Å²) in [5.74, 6) is -7.72. The molecule has 6 atom stereocenters. The van der Waals surface area contributed by atoms with Gasteiger partial charge >= 0.3 is 5.97 Å². The number of amides is 4. The van der Waals surface area contributed by atoms with Crippen molar-refractivity contribution in [2.24, 2.45) is 35.0 Å². The summed E-state index contributed by atoms with van der Waals surface area (Å²) in [6.45, 7) is 5.06. The Morgan fingerprint density at radius 2 is 1.23 bits per heavy atom. The second-order valence-corrected chi connectivity index (χ2v) is 11.3. The van der Waals surface area contributed by atoms with E-state index in [2.05, 4.69) is 0 Å². The second-order valence-electron chi connectivity index (χ2n) is 10.5. The Hall–Kier alpha value is -3.49. The highest BCUT2D eigenvalue weighted by Crippen LogP contribution is 2.69. The Morgan fingerprint density at radius 1 is 0.795 bits per heavy atom. The molecule has 0 N–H and O–H groups in total. The standard InChI is InChI=1S/C29H24Cl2N2O6/c1-4-39-28(38)21-13(2)18-19-22(26(36)32(24(19)34)16-11-7-5-9-14(16)30)29(21,3)23-20(18)25(35)33(27(23)37)17-12-8-6-10-15(17)31/h5-12,18-20,22-23H,4H2,1-3H3/t18?,19-,20-,22-,23+,29?/m0/s1. The fraction of sp³-hybridized carbons (Fsp3) is 0.345. The number of nitrogens with zero attached hydrogens (tertiary/aromatic N) is 2. The lowest BCUT2D eigenvalue weighted by molar-refractivity contribution is -0.155. The number of carbonyl (C=O) groups is 5. The van der Waals surface area contributed by atoms with Crippen molar-refractivity contribution in [1.82, 2.24) is 0 Å². The zero-order valence-corrected chi connectivity index (χ0v) is 22.8. The molecule has 0 radical (unpaired) electrons. The van der Waals surface area contributed by atoms with Crippen LogP contribution >= 0.6 is 23.2 Å². The van der Waals surface area contributed by atoms with Gasteiger partial charge in [-0.2, -0.15) is 0 Å². The van der Waals surface area contributed by atoms with Crippen LogP contribution in [0.2, 0.25) is 10.0 Å². The van der Waals surface area contributed by atoms with E-state index in [0.29, 0.717) is 5.57 Å². The minimum atomic E-state index is -1.49. The van der Waals surface area contributed by atoms with Crippen molar-refractivity contribution >= 4 is 64.2 Å². The average Bonchev–Trinajstić information content (AvgIpc) is 3.31. The number of ether oxygens (including phenoxy) is 1. The molecule has 7 rings (SSSR count).